The van der Waals surface area contributed by atoms with Gasteiger partial charge in [0.25, 0.3) is 0 Å². The summed E-state index contributed by atoms with van der Waals surface area (Å²) in [5, 5.41) is 4.94. The van der Waals surface area contributed by atoms with Crippen molar-refractivity contribution in [1.29, 1.82) is 0 Å². The highest BCUT2D eigenvalue weighted by atomic mass is 16.7. The standard InChI is InChI=1S/C25H25N3O7/c1-26-24(29)32-11-16-17(12-33-25(30)27-2)23(15-6-4-5-7-20(15)31-3)28-18-10-22-21(34-13-35-22)9-14(18)8-19(16)28/h4-7,9-10H,8,11-13H2,1-3H3,(H,26,29)(H,27,30). The van der Waals surface area contributed by atoms with Crippen molar-refractivity contribution in [3.8, 4) is 34.2 Å². The van der Waals surface area contributed by atoms with E-state index in [0.717, 1.165) is 39.3 Å². The van der Waals surface area contributed by atoms with Gasteiger partial charge in [0.05, 0.1) is 18.5 Å². The third kappa shape index (κ3) is 3.86. The molecule has 0 fully saturated rings. The second-order valence-electron chi connectivity index (χ2n) is 7.95. The van der Waals surface area contributed by atoms with Gasteiger partial charge < -0.3 is 38.9 Å². The number of rotatable bonds is 6. The molecule has 10 heteroatoms. The van der Waals surface area contributed by atoms with Gasteiger partial charge in [0.15, 0.2) is 11.5 Å². The van der Waals surface area contributed by atoms with Crippen LogP contribution in [0.3, 0.4) is 0 Å². The minimum atomic E-state index is -0.565. The summed E-state index contributed by atoms with van der Waals surface area (Å²) >= 11 is 0. The molecule has 0 aliphatic carbocycles. The smallest absolute Gasteiger partial charge is 0.407 e. The molecule has 2 amide bonds. The Balaban J connectivity index is 1.74. The van der Waals surface area contributed by atoms with Crippen molar-refractivity contribution in [2.24, 2.45) is 0 Å². The average Bonchev–Trinajstić information content (AvgIpc) is 3.56. The van der Waals surface area contributed by atoms with Gasteiger partial charge in [-0.2, -0.15) is 0 Å². The van der Waals surface area contributed by atoms with Crippen LogP contribution in [0.25, 0.3) is 16.9 Å². The number of carbonyl (C=O) groups excluding carboxylic acids is 2. The van der Waals surface area contributed by atoms with Crippen molar-refractivity contribution in [3.63, 3.8) is 0 Å². The zero-order chi connectivity index (χ0) is 24.5. The number of aromatic nitrogens is 1. The number of hydrogen-bond donors (Lipinski definition) is 2. The molecule has 182 valence electrons. The molecule has 0 spiro atoms. The number of methoxy groups -OCH3 is 1. The van der Waals surface area contributed by atoms with E-state index in [1.165, 1.54) is 14.1 Å². The molecule has 2 N–H and O–H groups in total. The van der Waals surface area contributed by atoms with Gasteiger partial charge in [0.2, 0.25) is 6.79 Å². The quantitative estimate of drug-likeness (QED) is 0.436. The fourth-order valence-electron chi connectivity index (χ4n) is 4.55. The molecule has 2 aromatic carbocycles. The van der Waals surface area contributed by atoms with E-state index in [-0.39, 0.29) is 20.0 Å². The molecule has 0 saturated heterocycles. The number of benzene rings is 2. The van der Waals surface area contributed by atoms with Gasteiger partial charge in [0, 0.05) is 49.0 Å². The molecule has 10 nitrogen and oxygen atoms in total. The Hall–Kier alpha value is -4.34. The number of carbonyl (C=O) groups is 2. The van der Waals surface area contributed by atoms with Crippen LogP contribution in [0.5, 0.6) is 17.2 Å². The average molecular weight is 479 g/mol. The maximum Gasteiger partial charge on any atom is 0.407 e. The second kappa shape index (κ2) is 9.13. The molecule has 0 unspecified atom stereocenters. The van der Waals surface area contributed by atoms with E-state index in [4.69, 9.17) is 23.7 Å². The Labute approximate surface area is 201 Å². The highest BCUT2D eigenvalue weighted by Gasteiger charge is 2.34. The van der Waals surface area contributed by atoms with E-state index in [2.05, 4.69) is 15.2 Å². The van der Waals surface area contributed by atoms with E-state index < -0.39 is 12.2 Å². The fraction of sp³-hybridized carbons (Fsp3) is 0.280. The molecule has 0 atom stereocenters. The summed E-state index contributed by atoms with van der Waals surface area (Å²) in [6, 6.07) is 11.5. The van der Waals surface area contributed by atoms with Crippen molar-refractivity contribution in [2.75, 3.05) is 28.0 Å². The fourth-order valence-corrected chi connectivity index (χ4v) is 4.55. The van der Waals surface area contributed by atoms with Gasteiger partial charge in [-0.25, -0.2) is 9.59 Å². The lowest BCUT2D eigenvalue weighted by Gasteiger charge is -2.16. The first-order valence-electron chi connectivity index (χ1n) is 11.1. The van der Waals surface area contributed by atoms with Crippen LogP contribution in [0.4, 0.5) is 9.59 Å². The molecule has 0 radical (unpaired) electrons. The predicted octanol–water partition coefficient (Wildman–Crippen LogP) is 3.50. The van der Waals surface area contributed by atoms with E-state index in [1.54, 1.807) is 7.11 Å². The normalized spacial score (nSPS) is 12.5. The molecule has 1 aromatic heterocycles. The first-order chi connectivity index (χ1) is 17.0. The highest BCUT2D eigenvalue weighted by molar-refractivity contribution is 5.79. The van der Waals surface area contributed by atoms with Crippen LogP contribution in [0.2, 0.25) is 0 Å². The van der Waals surface area contributed by atoms with Crippen LogP contribution in [-0.4, -0.2) is 44.8 Å². The Morgan fingerprint density at radius 2 is 1.63 bits per heavy atom. The first kappa shape index (κ1) is 22.5. The van der Waals surface area contributed by atoms with Crippen LogP contribution in [-0.2, 0) is 29.1 Å². The van der Waals surface area contributed by atoms with Gasteiger partial charge in [-0.15, -0.1) is 0 Å². The van der Waals surface area contributed by atoms with E-state index in [1.807, 2.05) is 36.4 Å². The van der Waals surface area contributed by atoms with Crippen molar-refractivity contribution in [2.45, 2.75) is 19.6 Å². The summed E-state index contributed by atoms with van der Waals surface area (Å²) in [6.07, 6.45) is -0.553. The number of fused-ring (bicyclic) bond motifs is 4. The Morgan fingerprint density at radius 3 is 2.31 bits per heavy atom. The zero-order valence-electron chi connectivity index (χ0n) is 19.6. The van der Waals surface area contributed by atoms with Crippen LogP contribution >= 0.6 is 0 Å². The van der Waals surface area contributed by atoms with Crippen molar-refractivity contribution < 1.29 is 33.3 Å². The summed E-state index contributed by atoms with van der Waals surface area (Å²) in [5.74, 6) is 2.00. The lowest BCUT2D eigenvalue weighted by atomic mass is 10.0. The molecule has 5 rings (SSSR count). The van der Waals surface area contributed by atoms with Crippen molar-refractivity contribution >= 4 is 12.2 Å². The molecular formula is C25H25N3O7. The Bertz CT molecular complexity index is 1310. The van der Waals surface area contributed by atoms with E-state index >= 15 is 0 Å². The Morgan fingerprint density at radius 1 is 0.971 bits per heavy atom. The van der Waals surface area contributed by atoms with E-state index in [9.17, 15) is 9.59 Å². The third-order valence-corrected chi connectivity index (χ3v) is 6.13. The molecule has 3 aromatic rings. The van der Waals surface area contributed by atoms with Crippen molar-refractivity contribution in [3.05, 3.63) is 58.8 Å². The summed E-state index contributed by atoms with van der Waals surface area (Å²) in [6.45, 7) is 0.142. The second-order valence-corrected chi connectivity index (χ2v) is 7.95. The summed E-state index contributed by atoms with van der Waals surface area (Å²) in [4.78, 5) is 23.9. The lowest BCUT2D eigenvalue weighted by molar-refractivity contribution is 0.134. The highest BCUT2D eigenvalue weighted by Crippen LogP contribution is 2.47. The SMILES string of the molecule is CNC(=O)OCc1c(COC(=O)NC)c(-c2ccccc2OC)n2c1Cc1cc3c(cc1-2)OCO3. The number of alkyl carbamates (subject to hydrolysis) is 2. The number of amides is 2. The first-order valence-corrected chi connectivity index (χ1v) is 11.1. The number of ether oxygens (including phenoxy) is 5. The van der Waals surface area contributed by atoms with Crippen LogP contribution in [0.1, 0.15) is 22.4 Å². The van der Waals surface area contributed by atoms with Gasteiger partial charge in [0.1, 0.15) is 19.0 Å². The Kier molecular flexibility index (Phi) is 5.86. The maximum atomic E-state index is 12.0. The van der Waals surface area contributed by atoms with Crippen LogP contribution in [0.15, 0.2) is 36.4 Å². The van der Waals surface area contributed by atoms with Gasteiger partial charge in [-0.1, -0.05) is 12.1 Å². The number of para-hydroxylation sites is 1. The van der Waals surface area contributed by atoms with Gasteiger partial charge in [-0.3, -0.25) is 0 Å². The lowest BCUT2D eigenvalue weighted by Crippen LogP contribution is -2.20. The molecule has 0 saturated carbocycles. The monoisotopic (exact) mass is 479 g/mol. The third-order valence-electron chi connectivity index (χ3n) is 6.13. The van der Waals surface area contributed by atoms with Crippen LogP contribution < -0.4 is 24.8 Å². The minimum Gasteiger partial charge on any atom is -0.496 e. The predicted molar refractivity (Wildman–Crippen MR) is 125 cm³/mol. The molecule has 2 aliphatic rings. The van der Waals surface area contributed by atoms with E-state index in [0.29, 0.717) is 23.7 Å². The van der Waals surface area contributed by atoms with Gasteiger partial charge >= 0.3 is 12.2 Å². The molecular weight excluding hydrogens is 454 g/mol. The summed E-state index contributed by atoms with van der Waals surface area (Å²) in [7, 11) is 4.60. The number of nitrogens with one attached hydrogen (secondary N) is 2. The number of nitrogens with zero attached hydrogens (tertiary/aromatic N) is 1. The molecule has 2 aliphatic heterocycles. The van der Waals surface area contributed by atoms with Crippen molar-refractivity contribution in [1.82, 2.24) is 15.2 Å². The summed E-state index contributed by atoms with van der Waals surface area (Å²) < 4.78 is 29.9. The number of hydrogen-bond acceptors (Lipinski definition) is 7. The maximum absolute atomic E-state index is 12.0. The topological polar surface area (TPSA) is 109 Å². The summed E-state index contributed by atoms with van der Waals surface area (Å²) in [5.41, 5.74) is 5.96. The van der Waals surface area contributed by atoms with Crippen LogP contribution in [0, 0.1) is 0 Å². The van der Waals surface area contributed by atoms with Gasteiger partial charge in [-0.05, 0) is 23.8 Å². The molecule has 0 bridgehead atoms. The molecule has 35 heavy (non-hydrogen) atoms. The largest absolute Gasteiger partial charge is 0.496 e. The minimum absolute atomic E-state index is 0.00268. The molecule has 3 heterocycles. The zero-order valence-corrected chi connectivity index (χ0v) is 19.6.